The SMILES string of the molecule is O=C(NCCOc1ccc(F)cc1)[C@H]1CCCN(c2ccc(-c3cccs3)nn2)C1. The number of hydrogen-bond donors (Lipinski definition) is 1. The minimum Gasteiger partial charge on any atom is -0.492 e. The lowest BCUT2D eigenvalue weighted by Gasteiger charge is -2.32. The molecule has 2 aromatic heterocycles. The van der Waals surface area contributed by atoms with E-state index in [0.29, 0.717) is 25.4 Å². The van der Waals surface area contributed by atoms with Crippen LogP contribution in [0.5, 0.6) is 5.75 Å². The first kappa shape index (κ1) is 20.3. The molecule has 0 aliphatic carbocycles. The summed E-state index contributed by atoms with van der Waals surface area (Å²) in [6, 6.07) is 13.8. The number of carbonyl (C=O) groups excluding carboxylic acids is 1. The quantitative estimate of drug-likeness (QED) is 0.583. The molecule has 1 N–H and O–H groups in total. The van der Waals surface area contributed by atoms with Crippen molar-refractivity contribution in [1.29, 1.82) is 0 Å². The average molecular weight is 427 g/mol. The van der Waals surface area contributed by atoms with Crippen LogP contribution in [0.1, 0.15) is 12.8 Å². The van der Waals surface area contributed by atoms with Gasteiger partial charge in [0.05, 0.1) is 17.3 Å². The summed E-state index contributed by atoms with van der Waals surface area (Å²) >= 11 is 1.63. The zero-order valence-electron chi connectivity index (χ0n) is 16.5. The highest BCUT2D eigenvalue weighted by Gasteiger charge is 2.26. The van der Waals surface area contributed by atoms with Gasteiger partial charge < -0.3 is 15.0 Å². The topological polar surface area (TPSA) is 67.3 Å². The van der Waals surface area contributed by atoms with E-state index in [0.717, 1.165) is 35.8 Å². The summed E-state index contributed by atoms with van der Waals surface area (Å²) in [5, 5.41) is 13.7. The smallest absolute Gasteiger partial charge is 0.225 e. The minimum atomic E-state index is -0.302. The van der Waals surface area contributed by atoms with Crippen LogP contribution in [-0.4, -0.2) is 42.3 Å². The number of hydrogen-bond acceptors (Lipinski definition) is 6. The minimum absolute atomic E-state index is 0.0190. The van der Waals surface area contributed by atoms with Crippen LogP contribution < -0.4 is 15.0 Å². The maximum absolute atomic E-state index is 12.9. The molecule has 1 fully saturated rings. The Balaban J connectivity index is 1.25. The van der Waals surface area contributed by atoms with E-state index in [-0.39, 0.29) is 17.6 Å². The average Bonchev–Trinajstić information content (AvgIpc) is 3.33. The maximum Gasteiger partial charge on any atom is 0.225 e. The van der Waals surface area contributed by atoms with Crippen molar-refractivity contribution in [2.75, 3.05) is 31.1 Å². The summed E-state index contributed by atoms with van der Waals surface area (Å²) in [4.78, 5) is 15.8. The van der Waals surface area contributed by atoms with Crippen LogP contribution in [-0.2, 0) is 4.79 Å². The molecule has 1 aromatic carbocycles. The maximum atomic E-state index is 12.9. The van der Waals surface area contributed by atoms with E-state index >= 15 is 0 Å². The number of piperidine rings is 1. The fourth-order valence-corrected chi connectivity index (χ4v) is 4.16. The van der Waals surface area contributed by atoms with Gasteiger partial charge in [-0.15, -0.1) is 21.5 Å². The van der Waals surface area contributed by atoms with Gasteiger partial charge in [0.1, 0.15) is 23.9 Å². The lowest BCUT2D eigenvalue weighted by Crippen LogP contribution is -2.44. The third-order valence-electron chi connectivity index (χ3n) is 5.02. The van der Waals surface area contributed by atoms with Crippen LogP contribution in [0.2, 0.25) is 0 Å². The third kappa shape index (κ3) is 5.13. The van der Waals surface area contributed by atoms with Gasteiger partial charge in [-0.2, -0.15) is 0 Å². The first-order chi connectivity index (χ1) is 14.7. The van der Waals surface area contributed by atoms with E-state index in [9.17, 15) is 9.18 Å². The van der Waals surface area contributed by atoms with E-state index in [2.05, 4.69) is 20.4 Å². The molecule has 8 heteroatoms. The molecule has 1 atom stereocenters. The molecule has 156 valence electrons. The predicted octanol–water partition coefficient (Wildman–Crippen LogP) is 3.76. The third-order valence-corrected chi connectivity index (χ3v) is 5.92. The van der Waals surface area contributed by atoms with Crippen LogP contribution >= 0.6 is 11.3 Å². The second kappa shape index (κ2) is 9.67. The van der Waals surface area contributed by atoms with E-state index < -0.39 is 0 Å². The molecule has 4 rings (SSSR count). The van der Waals surface area contributed by atoms with Crippen molar-refractivity contribution < 1.29 is 13.9 Å². The Morgan fingerprint density at radius 1 is 1.20 bits per heavy atom. The summed E-state index contributed by atoms with van der Waals surface area (Å²) in [7, 11) is 0. The fourth-order valence-electron chi connectivity index (χ4n) is 3.47. The number of rotatable bonds is 7. The second-order valence-corrected chi connectivity index (χ2v) is 8.08. The van der Waals surface area contributed by atoms with E-state index in [1.165, 1.54) is 12.1 Å². The van der Waals surface area contributed by atoms with Crippen molar-refractivity contribution in [3.63, 3.8) is 0 Å². The van der Waals surface area contributed by atoms with E-state index in [1.807, 2.05) is 29.6 Å². The lowest BCUT2D eigenvalue weighted by atomic mass is 9.97. The summed E-state index contributed by atoms with van der Waals surface area (Å²) < 4.78 is 18.4. The zero-order valence-corrected chi connectivity index (χ0v) is 17.3. The van der Waals surface area contributed by atoms with Gasteiger partial charge in [-0.1, -0.05) is 6.07 Å². The Morgan fingerprint density at radius 3 is 2.80 bits per heavy atom. The first-order valence-electron chi connectivity index (χ1n) is 9.98. The predicted molar refractivity (Wildman–Crippen MR) is 115 cm³/mol. The molecule has 0 unspecified atom stereocenters. The highest BCUT2D eigenvalue weighted by Crippen LogP contribution is 2.25. The standard InChI is InChI=1S/C22H23FN4O2S/c23-17-5-7-18(8-6-17)29-13-11-24-22(28)16-3-1-12-27(15-16)21-10-9-19(25-26-21)20-4-2-14-30-20/h2,4-10,14,16H,1,3,11-13,15H2,(H,24,28)/t16-/m0/s1. The highest BCUT2D eigenvalue weighted by atomic mass is 32.1. The molecule has 0 saturated carbocycles. The Bertz CT molecular complexity index is 948. The van der Waals surface area contributed by atoms with Crippen molar-refractivity contribution in [3.05, 3.63) is 59.7 Å². The molecule has 3 heterocycles. The number of ether oxygens (including phenoxy) is 1. The number of nitrogens with one attached hydrogen (secondary N) is 1. The summed E-state index contributed by atoms with van der Waals surface area (Å²) in [6.07, 6.45) is 1.78. The number of anilines is 1. The van der Waals surface area contributed by atoms with Gasteiger partial charge in [-0.3, -0.25) is 4.79 Å². The molecular formula is C22H23FN4O2S. The second-order valence-electron chi connectivity index (χ2n) is 7.13. The van der Waals surface area contributed by atoms with E-state index in [1.54, 1.807) is 23.5 Å². The van der Waals surface area contributed by atoms with Crippen LogP contribution in [0.25, 0.3) is 10.6 Å². The molecule has 1 aliphatic rings. The van der Waals surface area contributed by atoms with Gasteiger partial charge in [-0.25, -0.2) is 4.39 Å². The zero-order chi connectivity index (χ0) is 20.8. The Kier molecular flexibility index (Phi) is 6.53. The monoisotopic (exact) mass is 426 g/mol. The highest BCUT2D eigenvalue weighted by molar-refractivity contribution is 7.13. The van der Waals surface area contributed by atoms with Gasteiger partial charge in [-0.05, 0) is 60.7 Å². The molecule has 3 aromatic rings. The summed E-state index contributed by atoms with van der Waals surface area (Å²) in [5.74, 6) is 1.00. The molecule has 1 saturated heterocycles. The molecule has 0 spiro atoms. The summed E-state index contributed by atoms with van der Waals surface area (Å²) in [5.41, 5.74) is 0.862. The van der Waals surface area contributed by atoms with Crippen molar-refractivity contribution in [2.24, 2.45) is 5.92 Å². The Morgan fingerprint density at radius 2 is 2.07 bits per heavy atom. The largest absolute Gasteiger partial charge is 0.492 e. The molecule has 1 amide bonds. The molecule has 0 radical (unpaired) electrons. The fraction of sp³-hybridized carbons (Fsp3) is 0.318. The van der Waals surface area contributed by atoms with Gasteiger partial charge in [0.2, 0.25) is 5.91 Å². The molecule has 30 heavy (non-hydrogen) atoms. The van der Waals surface area contributed by atoms with Crippen molar-refractivity contribution in [1.82, 2.24) is 15.5 Å². The van der Waals surface area contributed by atoms with Gasteiger partial charge in [0, 0.05) is 13.1 Å². The summed E-state index contributed by atoms with van der Waals surface area (Å²) in [6.45, 7) is 2.23. The van der Waals surface area contributed by atoms with Gasteiger partial charge in [0.15, 0.2) is 5.82 Å². The number of nitrogens with zero attached hydrogens (tertiary/aromatic N) is 3. The van der Waals surface area contributed by atoms with E-state index in [4.69, 9.17) is 4.74 Å². The lowest BCUT2D eigenvalue weighted by molar-refractivity contribution is -0.125. The van der Waals surface area contributed by atoms with Gasteiger partial charge in [0.25, 0.3) is 0 Å². The van der Waals surface area contributed by atoms with Crippen molar-refractivity contribution >= 4 is 23.1 Å². The van der Waals surface area contributed by atoms with Crippen LogP contribution in [0.4, 0.5) is 10.2 Å². The number of thiophene rings is 1. The number of carbonyl (C=O) groups is 1. The Labute approximate surface area is 178 Å². The van der Waals surface area contributed by atoms with Gasteiger partial charge >= 0.3 is 0 Å². The van der Waals surface area contributed by atoms with Crippen molar-refractivity contribution in [3.8, 4) is 16.3 Å². The molecule has 1 aliphatic heterocycles. The Hall–Kier alpha value is -3.00. The number of amides is 1. The normalized spacial score (nSPS) is 16.3. The number of aromatic nitrogens is 2. The van der Waals surface area contributed by atoms with Crippen molar-refractivity contribution in [2.45, 2.75) is 12.8 Å². The van der Waals surface area contributed by atoms with Crippen LogP contribution in [0.3, 0.4) is 0 Å². The number of halogens is 1. The first-order valence-corrected chi connectivity index (χ1v) is 10.9. The van der Waals surface area contributed by atoms with Crippen LogP contribution in [0.15, 0.2) is 53.9 Å². The number of benzene rings is 1. The molecular weight excluding hydrogens is 403 g/mol. The van der Waals surface area contributed by atoms with Crippen LogP contribution in [0, 0.1) is 11.7 Å². The molecule has 6 nitrogen and oxygen atoms in total. The molecule has 0 bridgehead atoms.